The molecular weight excluding hydrogens is 440 g/mol. The molecule has 2 heterocycles. The summed E-state index contributed by atoms with van der Waals surface area (Å²) in [4.78, 5) is 12.7. The lowest BCUT2D eigenvalue weighted by atomic mass is 9.95. The maximum absolute atomic E-state index is 12.7. The van der Waals surface area contributed by atoms with Gasteiger partial charge in [-0.2, -0.15) is 0 Å². The number of thioether (sulfide) groups is 1. The number of benzene rings is 1. The Bertz CT molecular complexity index is 1060. The number of nitrogens with one attached hydrogen (secondary N) is 1. The summed E-state index contributed by atoms with van der Waals surface area (Å²) in [5.74, 6) is 2.76. The fourth-order valence-electron chi connectivity index (χ4n) is 4.14. The number of amides is 1. The van der Waals surface area contributed by atoms with Gasteiger partial charge in [0.1, 0.15) is 5.76 Å². The van der Waals surface area contributed by atoms with Crippen molar-refractivity contribution >= 4 is 17.7 Å². The summed E-state index contributed by atoms with van der Waals surface area (Å²) in [6, 6.07) is 9.73. The molecule has 8 nitrogen and oxygen atoms in total. The number of carbonyl (C=O) groups excluding carboxylic acids is 1. The van der Waals surface area contributed by atoms with E-state index < -0.39 is 0 Å². The van der Waals surface area contributed by atoms with E-state index in [4.69, 9.17) is 13.9 Å². The highest BCUT2D eigenvalue weighted by molar-refractivity contribution is 8.00. The summed E-state index contributed by atoms with van der Waals surface area (Å²) >= 11 is 1.43. The predicted octanol–water partition coefficient (Wildman–Crippen LogP) is 4.86. The monoisotopic (exact) mass is 470 g/mol. The van der Waals surface area contributed by atoms with E-state index in [0.717, 1.165) is 35.1 Å². The van der Waals surface area contributed by atoms with Crippen molar-refractivity contribution in [3.63, 3.8) is 0 Å². The van der Waals surface area contributed by atoms with Crippen LogP contribution < -0.4 is 14.8 Å². The first-order valence-corrected chi connectivity index (χ1v) is 12.1. The van der Waals surface area contributed by atoms with Crippen molar-refractivity contribution in [2.45, 2.75) is 62.0 Å². The molecule has 1 aromatic carbocycles. The Morgan fingerprint density at radius 1 is 1.18 bits per heavy atom. The van der Waals surface area contributed by atoms with Crippen molar-refractivity contribution in [2.24, 2.45) is 0 Å². The molecule has 1 unspecified atom stereocenters. The van der Waals surface area contributed by atoms with Gasteiger partial charge in [-0.25, -0.2) is 0 Å². The molecule has 4 rings (SSSR count). The van der Waals surface area contributed by atoms with E-state index in [1.165, 1.54) is 31.0 Å². The largest absolute Gasteiger partial charge is 0.493 e. The van der Waals surface area contributed by atoms with Crippen LogP contribution in [-0.4, -0.2) is 40.1 Å². The van der Waals surface area contributed by atoms with Crippen molar-refractivity contribution in [1.82, 2.24) is 20.1 Å². The Labute approximate surface area is 198 Å². The zero-order valence-corrected chi connectivity index (χ0v) is 20.1. The van der Waals surface area contributed by atoms with Gasteiger partial charge < -0.3 is 19.2 Å². The average Bonchev–Trinajstić information content (AvgIpc) is 3.52. The first-order valence-electron chi connectivity index (χ1n) is 11.2. The average molecular weight is 471 g/mol. The molecule has 1 fully saturated rings. The second-order valence-corrected chi connectivity index (χ2v) is 9.40. The van der Waals surface area contributed by atoms with E-state index in [0.29, 0.717) is 24.1 Å². The highest BCUT2D eigenvalue weighted by Crippen LogP contribution is 2.38. The fourth-order valence-corrected chi connectivity index (χ4v) is 5.08. The number of hydrogen-bond acceptors (Lipinski definition) is 7. The summed E-state index contributed by atoms with van der Waals surface area (Å²) in [6.07, 6.45) is 7.35. The molecule has 0 radical (unpaired) electrons. The molecule has 1 aliphatic carbocycles. The second kappa shape index (κ2) is 10.8. The van der Waals surface area contributed by atoms with E-state index in [-0.39, 0.29) is 11.2 Å². The van der Waals surface area contributed by atoms with Crippen LogP contribution in [0.3, 0.4) is 0 Å². The molecule has 9 heteroatoms. The van der Waals surface area contributed by atoms with E-state index >= 15 is 0 Å². The minimum absolute atomic E-state index is 0.0674. The van der Waals surface area contributed by atoms with Crippen LogP contribution in [0.25, 0.3) is 11.4 Å². The van der Waals surface area contributed by atoms with Gasteiger partial charge in [0, 0.05) is 11.6 Å². The second-order valence-electron chi connectivity index (χ2n) is 8.10. The number of aromatic nitrogens is 3. The molecule has 0 aliphatic heterocycles. The quantitative estimate of drug-likeness (QED) is 0.447. The third-order valence-electron chi connectivity index (χ3n) is 5.91. The van der Waals surface area contributed by atoms with Crippen LogP contribution in [0.4, 0.5) is 0 Å². The van der Waals surface area contributed by atoms with Crippen LogP contribution in [0.5, 0.6) is 11.5 Å². The lowest BCUT2D eigenvalue weighted by Crippen LogP contribution is -2.30. The third-order valence-corrected chi connectivity index (χ3v) is 6.97. The molecule has 33 heavy (non-hydrogen) atoms. The molecule has 1 amide bonds. The summed E-state index contributed by atoms with van der Waals surface area (Å²) < 4.78 is 18.4. The van der Waals surface area contributed by atoms with Crippen molar-refractivity contribution in [3.8, 4) is 22.9 Å². The van der Waals surface area contributed by atoms with Gasteiger partial charge in [0.15, 0.2) is 22.5 Å². The van der Waals surface area contributed by atoms with E-state index in [9.17, 15) is 4.79 Å². The maximum atomic E-state index is 12.7. The summed E-state index contributed by atoms with van der Waals surface area (Å²) in [6.45, 7) is 2.25. The zero-order chi connectivity index (χ0) is 23.2. The van der Waals surface area contributed by atoms with E-state index in [1.807, 2.05) is 37.3 Å². The topological polar surface area (TPSA) is 91.4 Å². The van der Waals surface area contributed by atoms with E-state index in [2.05, 4.69) is 20.1 Å². The van der Waals surface area contributed by atoms with Gasteiger partial charge in [-0.15, -0.1) is 10.2 Å². The minimum atomic E-state index is -0.329. The Kier molecular flexibility index (Phi) is 7.59. The van der Waals surface area contributed by atoms with Crippen molar-refractivity contribution in [2.75, 3.05) is 14.2 Å². The highest BCUT2D eigenvalue weighted by atomic mass is 32.2. The molecular formula is C24H30N4O4S. The third kappa shape index (κ3) is 5.35. The standard InChI is InChI=1S/C24H30N4O4S/c1-16(23(29)25-15-19-10-7-13-32-19)33-24-27-26-22(28(24)18-8-5-4-6-9-18)17-11-12-20(30-2)21(14-17)31-3/h7,10-14,16,18H,4-6,8-9,15H2,1-3H3,(H,25,29). The molecule has 1 saturated carbocycles. The molecule has 0 saturated heterocycles. The smallest absolute Gasteiger partial charge is 0.233 e. The summed E-state index contributed by atoms with van der Waals surface area (Å²) in [7, 11) is 3.24. The van der Waals surface area contributed by atoms with Crippen LogP contribution in [0.2, 0.25) is 0 Å². The van der Waals surface area contributed by atoms with Crippen LogP contribution >= 0.6 is 11.8 Å². The molecule has 1 aliphatic rings. The summed E-state index contributed by atoms with van der Waals surface area (Å²) in [5, 5.41) is 12.4. The van der Waals surface area contributed by atoms with Gasteiger partial charge in [-0.05, 0) is 50.1 Å². The molecule has 1 atom stereocenters. The van der Waals surface area contributed by atoms with Crippen LogP contribution in [0, 0.1) is 0 Å². The molecule has 0 spiro atoms. The lowest BCUT2D eigenvalue weighted by molar-refractivity contribution is -0.120. The number of methoxy groups -OCH3 is 2. The number of hydrogen-bond donors (Lipinski definition) is 1. The maximum Gasteiger partial charge on any atom is 0.233 e. The Balaban J connectivity index is 1.59. The van der Waals surface area contributed by atoms with Gasteiger partial charge in [0.25, 0.3) is 0 Å². The van der Waals surface area contributed by atoms with Gasteiger partial charge in [0.2, 0.25) is 5.91 Å². The number of carbonyl (C=O) groups is 1. The number of furan rings is 1. The summed E-state index contributed by atoms with van der Waals surface area (Å²) in [5.41, 5.74) is 0.910. The zero-order valence-electron chi connectivity index (χ0n) is 19.2. The number of rotatable bonds is 9. The first-order chi connectivity index (χ1) is 16.1. The van der Waals surface area contributed by atoms with Gasteiger partial charge in [0.05, 0.1) is 32.3 Å². The first kappa shape index (κ1) is 23.2. The Morgan fingerprint density at radius 2 is 1.97 bits per heavy atom. The van der Waals surface area contributed by atoms with Crippen molar-refractivity contribution in [3.05, 3.63) is 42.4 Å². The Hall–Kier alpha value is -2.94. The SMILES string of the molecule is COc1ccc(-c2nnc(SC(C)C(=O)NCc3ccco3)n2C2CCCCC2)cc1OC. The van der Waals surface area contributed by atoms with Gasteiger partial charge >= 0.3 is 0 Å². The molecule has 2 aromatic heterocycles. The van der Waals surface area contributed by atoms with Crippen LogP contribution in [0.1, 0.15) is 50.8 Å². The molecule has 1 N–H and O–H groups in total. The minimum Gasteiger partial charge on any atom is -0.493 e. The van der Waals surface area contributed by atoms with Crippen molar-refractivity contribution < 1.29 is 18.7 Å². The normalized spacial score (nSPS) is 15.2. The predicted molar refractivity (Wildman–Crippen MR) is 127 cm³/mol. The fraction of sp³-hybridized carbons (Fsp3) is 0.458. The van der Waals surface area contributed by atoms with Crippen LogP contribution in [-0.2, 0) is 11.3 Å². The van der Waals surface area contributed by atoms with Crippen molar-refractivity contribution in [1.29, 1.82) is 0 Å². The number of nitrogens with zero attached hydrogens (tertiary/aromatic N) is 3. The highest BCUT2D eigenvalue weighted by Gasteiger charge is 2.27. The van der Waals surface area contributed by atoms with E-state index in [1.54, 1.807) is 20.5 Å². The molecule has 3 aromatic rings. The number of ether oxygens (including phenoxy) is 2. The van der Waals surface area contributed by atoms with Crippen LogP contribution in [0.15, 0.2) is 46.2 Å². The Morgan fingerprint density at radius 3 is 2.67 bits per heavy atom. The molecule has 0 bridgehead atoms. The van der Waals surface area contributed by atoms with Gasteiger partial charge in [-0.3, -0.25) is 9.36 Å². The van der Waals surface area contributed by atoms with Gasteiger partial charge in [-0.1, -0.05) is 31.0 Å². The lowest BCUT2D eigenvalue weighted by Gasteiger charge is -2.26. The molecule has 176 valence electrons.